The quantitative estimate of drug-likeness (QED) is 0.588. The Morgan fingerprint density at radius 1 is 1.44 bits per heavy atom. The largest absolute Gasteiger partial charge is 0.313 e. The first-order valence-corrected chi connectivity index (χ1v) is 3.63. The van der Waals surface area contributed by atoms with E-state index in [0.717, 1.165) is 0 Å². The van der Waals surface area contributed by atoms with Crippen molar-refractivity contribution < 1.29 is 0 Å². The first kappa shape index (κ1) is 6.81. The predicted octanol–water partition coefficient (Wildman–Crippen LogP) is 1.52. The topological polar surface area (TPSA) is 12.0 Å². The first-order valence-electron chi connectivity index (χ1n) is 3.63. The summed E-state index contributed by atoms with van der Waals surface area (Å²) in [4.78, 5) is 0. The minimum absolute atomic E-state index is 0.608. The van der Waals surface area contributed by atoms with Crippen LogP contribution < -0.4 is 5.32 Å². The molecule has 1 radical (unpaired) electrons. The lowest BCUT2D eigenvalue weighted by molar-refractivity contribution is 0.442. The van der Waals surface area contributed by atoms with E-state index in [1.807, 2.05) is 6.08 Å². The second kappa shape index (κ2) is 3.67. The van der Waals surface area contributed by atoms with Gasteiger partial charge in [-0.05, 0) is 25.8 Å². The van der Waals surface area contributed by atoms with Crippen LogP contribution in [0.1, 0.15) is 19.3 Å². The molecule has 1 heteroatoms. The van der Waals surface area contributed by atoms with E-state index in [0.29, 0.717) is 6.04 Å². The molecule has 1 rings (SSSR count). The van der Waals surface area contributed by atoms with Crippen molar-refractivity contribution in [2.24, 2.45) is 0 Å². The summed E-state index contributed by atoms with van der Waals surface area (Å²) in [6, 6.07) is 0.608. The van der Waals surface area contributed by atoms with Crippen molar-refractivity contribution in [3.8, 4) is 0 Å². The van der Waals surface area contributed by atoms with E-state index >= 15 is 0 Å². The van der Waals surface area contributed by atoms with Gasteiger partial charge in [0.1, 0.15) is 0 Å². The maximum absolute atomic E-state index is 3.66. The van der Waals surface area contributed by atoms with E-state index in [4.69, 9.17) is 0 Å². The zero-order valence-electron chi connectivity index (χ0n) is 5.77. The van der Waals surface area contributed by atoms with Crippen molar-refractivity contribution in [2.45, 2.75) is 25.3 Å². The van der Waals surface area contributed by atoms with E-state index < -0.39 is 0 Å². The van der Waals surface area contributed by atoms with Crippen LogP contribution in [0.4, 0.5) is 0 Å². The third-order valence-corrected chi connectivity index (χ3v) is 1.72. The molecule has 1 heterocycles. The predicted molar refractivity (Wildman–Crippen MR) is 40.1 cm³/mol. The average Bonchev–Trinajstić information content (AvgIpc) is 1.91. The van der Waals surface area contributed by atoms with Gasteiger partial charge in [-0.2, -0.15) is 0 Å². The average molecular weight is 124 g/mol. The van der Waals surface area contributed by atoms with E-state index in [2.05, 4.69) is 18.3 Å². The lowest BCUT2D eigenvalue weighted by Crippen LogP contribution is -2.33. The van der Waals surface area contributed by atoms with Gasteiger partial charge in [0.05, 0.1) is 0 Å². The fourth-order valence-electron chi connectivity index (χ4n) is 1.21. The van der Waals surface area contributed by atoms with Crippen LogP contribution in [0.5, 0.6) is 0 Å². The van der Waals surface area contributed by atoms with E-state index in [1.165, 1.54) is 25.8 Å². The maximum Gasteiger partial charge on any atom is 0.0136 e. The highest BCUT2D eigenvalue weighted by molar-refractivity contribution is 4.97. The summed E-state index contributed by atoms with van der Waals surface area (Å²) in [6.07, 6.45) is 8.00. The Hall–Kier alpha value is -0.300. The maximum atomic E-state index is 3.66. The highest BCUT2D eigenvalue weighted by Gasteiger charge is 2.09. The van der Waals surface area contributed by atoms with Crippen molar-refractivity contribution >= 4 is 0 Å². The smallest absolute Gasteiger partial charge is 0.0136 e. The molecule has 0 aromatic rings. The number of piperidine rings is 1. The minimum Gasteiger partial charge on any atom is -0.313 e. The van der Waals surface area contributed by atoms with Crippen molar-refractivity contribution in [3.05, 3.63) is 19.1 Å². The molecule has 0 spiro atoms. The molecule has 0 amide bonds. The molecule has 0 saturated carbocycles. The van der Waals surface area contributed by atoms with Gasteiger partial charge in [-0.1, -0.05) is 12.5 Å². The van der Waals surface area contributed by atoms with Gasteiger partial charge in [0.2, 0.25) is 0 Å². The van der Waals surface area contributed by atoms with Crippen LogP contribution in [-0.2, 0) is 0 Å². The Morgan fingerprint density at radius 2 is 2.33 bits per heavy atom. The standard InChI is InChI=1S/C8H14N/c1-2-5-8-6-3-4-7-9-8/h2,5,8-9H,1,3-4,6-7H2. The van der Waals surface area contributed by atoms with Crippen LogP contribution in [0.25, 0.3) is 0 Å². The molecule has 1 unspecified atom stereocenters. The van der Waals surface area contributed by atoms with E-state index in [1.54, 1.807) is 0 Å². The van der Waals surface area contributed by atoms with Gasteiger partial charge in [-0.3, -0.25) is 0 Å². The SMILES string of the molecule is C=C[CH]C1CCCCN1. The fourth-order valence-corrected chi connectivity index (χ4v) is 1.21. The van der Waals surface area contributed by atoms with Crippen molar-refractivity contribution in [2.75, 3.05) is 6.54 Å². The molecule has 9 heavy (non-hydrogen) atoms. The van der Waals surface area contributed by atoms with Gasteiger partial charge in [0.15, 0.2) is 0 Å². The van der Waals surface area contributed by atoms with Crippen LogP contribution in [0.3, 0.4) is 0 Å². The summed E-state index contributed by atoms with van der Waals surface area (Å²) in [5, 5.41) is 3.39. The number of hydrogen-bond donors (Lipinski definition) is 1. The van der Waals surface area contributed by atoms with Gasteiger partial charge in [0, 0.05) is 6.04 Å². The molecule has 0 aromatic heterocycles. The van der Waals surface area contributed by atoms with Crippen molar-refractivity contribution in [1.29, 1.82) is 0 Å². The molecule has 1 aliphatic rings. The second-order valence-corrected chi connectivity index (χ2v) is 2.48. The van der Waals surface area contributed by atoms with Crippen molar-refractivity contribution in [3.63, 3.8) is 0 Å². The fraction of sp³-hybridized carbons (Fsp3) is 0.625. The molecule has 1 fully saturated rings. The number of rotatable bonds is 2. The molecule has 0 bridgehead atoms. The Bertz CT molecular complexity index is 82.6. The zero-order chi connectivity index (χ0) is 6.53. The van der Waals surface area contributed by atoms with Gasteiger partial charge in [0.25, 0.3) is 0 Å². The third-order valence-electron chi connectivity index (χ3n) is 1.72. The van der Waals surface area contributed by atoms with Gasteiger partial charge in [-0.25, -0.2) is 0 Å². The normalized spacial score (nSPS) is 27.8. The molecule has 0 aliphatic carbocycles. The molecule has 1 saturated heterocycles. The molecule has 1 N–H and O–H groups in total. The lowest BCUT2D eigenvalue weighted by Gasteiger charge is -2.21. The molecule has 0 aromatic carbocycles. The Labute approximate surface area is 57.1 Å². The van der Waals surface area contributed by atoms with Crippen LogP contribution >= 0.6 is 0 Å². The number of nitrogens with one attached hydrogen (secondary N) is 1. The monoisotopic (exact) mass is 124 g/mol. The Kier molecular flexibility index (Phi) is 2.78. The highest BCUT2D eigenvalue weighted by atomic mass is 14.9. The van der Waals surface area contributed by atoms with E-state index in [9.17, 15) is 0 Å². The lowest BCUT2D eigenvalue weighted by atomic mass is 10.0. The Balaban J connectivity index is 2.15. The highest BCUT2D eigenvalue weighted by Crippen LogP contribution is 2.08. The summed E-state index contributed by atoms with van der Waals surface area (Å²) < 4.78 is 0. The molecule has 1 nitrogen and oxygen atoms in total. The van der Waals surface area contributed by atoms with Crippen molar-refractivity contribution in [1.82, 2.24) is 5.32 Å². The summed E-state index contributed by atoms with van der Waals surface area (Å²) in [5.74, 6) is 0. The van der Waals surface area contributed by atoms with Crippen LogP contribution in [0, 0.1) is 6.42 Å². The third kappa shape index (κ3) is 2.19. The molecule has 51 valence electrons. The van der Waals surface area contributed by atoms with Gasteiger partial charge < -0.3 is 5.32 Å². The summed E-state index contributed by atoms with van der Waals surface area (Å²) in [6.45, 7) is 4.83. The molecule has 1 atom stereocenters. The summed E-state index contributed by atoms with van der Waals surface area (Å²) >= 11 is 0. The van der Waals surface area contributed by atoms with Gasteiger partial charge >= 0.3 is 0 Å². The van der Waals surface area contributed by atoms with Crippen LogP contribution in [0.15, 0.2) is 12.7 Å². The second-order valence-electron chi connectivity index (χ2n) is 2.48. The van der Waals surface area contributed by atoms with Crippen LogP contribution in [-0.4, -0.2) is 12.6 Å². The van der Waals surface area contributed by atoms with Crippen LogP contribution in [0.2, 0.25) is 0 Å². The van der Waals surface area contributed by atoms with E-state index in [-0.39, 0.29) is 0 Å². The molecular weight excluding hydrogens is 110 g/mol. The number of hydrogen-bond acceptors (Lipinski definition) is 1. The van der Waals surface area contributed by atoms with Gasteiger partial charge in [-0.15, -0.1) is 6.58 Å². The molecule has 1 aliphatic heterocycles. The summed E-state index contributed by atoms with van der Waals surface area (Å²) in [7, 11) is 0. The zero-order valence-corrected chi connectivity index (χ0v) is 5.77. The minimum atomic E-state index is 0.608. The Morgan fingerprint density at radius 3 is 2.89 bits per heavy atom. The molecular formula is C8H14N. The summed E-state index contributed by atoms with van der Waals surface area (Å²) in [5.41, 5.74) is 0. The first-order chi connectivity index (χ1) is 4.43.